The van der Waals surface area contributed by atoms with E-state index in [1.165, 1.54) is 4.90 Å². The molecule has 0 radical (unpaired) electrons. The maximum Gasteiger partial charge on any atom is 0.434 e. The van der Waals surface area contributed by atoms with E-state index >= 15 is 0 Å². The zero-order valence-electron chi connectivity index (χ0n) is 11.2. The molecule has 1 aromatic carbocycles. The summed E-state index contributed by atoms with van der Waals surface area (Å²) >= 11 is 0. The number of ether oxygens (including phenoxy) is 2. The molecule has 1 aromatic heterocycles. The Kier molecular flexibility index (Phi) is 3.35. The van der Waals surface area contributed by atoms with Crippen molar-refractivity contribution in [3.8, 4) is 5.75 Å². The van der Waals surface area contributed by atoms with Gasteiger partial charge in [-0.2, -0.15) is 0 Å². The molecule has 1 amide bonds. The van der Waals surface area contributed by atoms with E-state index in [1.807, 2.05) is 6.92 Å². The fraction of sp³-hybridized carbons (Fsp3) is 0.308. The fourth-order valence-corrected chi connectivity index (χ4v) is 2.07. The molecule has 8 nitrogen and oxygen atoms in total. The average Bonchev–Trinajstić information content (AvgIpc) is 3.06. The molecule has 2 heterocycles. The van der Waals surface area contributed by atoms with Crippen molar-refractivity contribution >= 4 is 11.8 Å². The maximum atomic E-state index is 11.9. The first-order valence-corrected chi connectivity index (χ1v) is 6.44. The normalized spacial score (nSPS) is 17.9. The lowest BCUT2D eigenvalue weighted by Crippen LogP contribution is -2.23. The van der Waals surface area contributed by atoms with Gasteiger partial charge in [-0.05, 0) is 31.2 Å². The number of H-pyrrole nitrogens is 1. The van der Waals surface area contributed by atoms with E-state index in [1.54, 1.807) is 24.3 Å². The molecule has 1 fully saturated rings. The van der Waals surface area contributed by atoms with Gasteiger partial charge in [0.1, 0.15) is 5.75 Å². The number of hydrogen-bond acceptors (Lipinski definition) is 6. The molecule has 0 saturated carbocycles. The van der Waals surface area contributed by atoms with Gasteiger partial charge in [-0.25, -0.2) is 14.7 Å². The van der Waals surface area contributed by atoms with Crippen LogP contribution in [0.4, 0.5) is 10.5 Å². The van der Waals surface area contributed by atoms with Crippen LogP contribution in [0.15, 0.2) is 33.5 Å². The number of nitrogens with zero attached hydrogens (tertiary/aromatic N) is 2. The van der Waals surface area contributed by atoms with E-state index in [4.69, 9.17) is 13.9 Å². The molecule has 2 aromatic rings. The predicted octanol–water partition coefficient (Wildman–Crippen LogP) is 1.46. The van der Waals surface area contributed by atoms with Gasteiger partial charge in [0.25, 0.3) is 5.89 Å². The lowest BCUT2D eigenvalue weighted by molar-refractivity contribution is 0.125. The predicted molar refractivity (Wildman–Crippen MR) is 71.3 cm³/mol. The summed E-state index contributed by atoms with van der Waals surface area (Å²) in [6.45, 7) is 2.69. The van der Waals surface area contributed by atoms with E-state index < -0.39 is 18.0 Å². The van der Waals surface area contributed by atoms with Crippen LogP contribution in [0.3, 0.4) is 0 Å². The number of aromatic nitrogens is 2. The Morgan fingerprint density at radius 2 is 2.14 bits per heavy atom. The Balaban J connectivity index is 1.77. The monoisotopic (exact) mass is 291 g/mol. The maximum absolute atomic E-state index is 11.9. The Morgan fingerprint density at radius 1 is 1.38 bits per heavy atom. The fourth-order valence-electron chi connectivity index (χ4n) is 2.07. The smallest absolute Gasteiger partial charge is 0.434 e. The summed E-state index contributed by atoms with van der Waals surface area (Å²) in [4.78, 5) is 24.3. The second-order valence-electron chi connectivity index (χ2n) is 4.36. The van der Waals surface area contributed by atoms with Crippen molar-refractivity contribution in [1.82, 2.24) is 10.2 Å². The van der Waals surface area contributed by atoms with Crippen molar-refractivity contribution in [3.05, 3.63) is 40.7 Å². The van der Waals surface area contributed by atoms with Gasteiger partial charge in [0.2, 0.25) is 0 Å². The Hall–Kier alpha value is -2.77. The first-order valence-electron chi connectivity index (χ1n) is 6.44. The first kappa shape index (κ1) is 13.2. The van der Waals surface area contributed by atoms with E-state index in [2.05, 4.69) is 10.2 Å². The Bertz CT molecular complexity index is 690. The molecule has 0 bridgehead atoms. The van der Waals surface area contributed by atoms with Crippen LogP contribution < -0.4 is 15.4 Å². The Labute approximate surface area is 119 Å². The SMILES string of the molecule is CCOc1ccc(N2CC(c3n[nH]c(=O)o3)OC2=O)cc1. The van der Waals surface area contributed by atoms with Gasteiger partial charge in [-0.1, -0.05) is 0 Å². The summed E-state index contributed by atoms with van der Waals surface area (Å²) in [5, 5.41) is 5.81. The number of benzene rings is 1. The molecule has 1 atom stereocenters. The van der Waals surface area contributed by atoms with Gasteiger partial charge >= 0.3 is 11.8 Å². The van der Waals surface area contributed by atoms with E-state index in [0.717, 1.165) is 5.75 Å². The highest BCUT2D eigenvalue weighted by atomic mass is 16.6. The molecule has 0 aliphatic carbocycles. The summed E-state index contributed by atoms with van der Waals surface area (Å²) < 4.78 is 15.3. The lowest BCUT2D eigenvalue weighted by atomic mass is 10.2. The van der Waals surface area contributed by atoms with Crippen molar-refractivity contribution in [2.45, 2.75) is 13.0 Å². The van der Waals surface area contributed by atoms with Crippen molar-refractivity contribution in [2.75, 3.05) is 18.1 Å². The quantitative estimate of drug-likeness (QED) is 0.915. The van der Waals surface area contributed by atoms with E-state index in [-0.39, 0.29) is 12.4 Å². The van der Waals surface area contributed by atoms with Crippen LogP contribution in [-0.2, 0) is 4.74 Å². The van der Waals surface area contributed by atoms with Crippen LogP contribution in [0.1, 0.15) is 18.9 Å². The molecule has 110 valence electrons. The minimum absolute atomic E-state index is 0.0572. The molecule has 8 heteroatoms. The van der Waals surface area contributed by atoms with Gasteiger partial charge in [0.15, 0.2) is 6.10 Å². The third kappa shape index (κ3) is 2.60. The third-order valence-electron chi connectivity index (χ3n) is 3.00. The lowest BCUT2D eigenvalue weighted by Gasteiger charge is -2.13. The molecule has 1 unspecified atom stereocenters. The van der Waals surface area contributed by atoms with Gasteiger partial charge in [-0.15, -0.1) is 5.10 Å². The van der Waals surface area contributed by atoms with Crippen LogP contribution in [-0.4, -0.2) is 29.4 Å². The molecule has 21 heavy (non-hydrogen) atoms. The van der Waals surface area contributed by atoms with Crippen LogP contribution in [0, 0.1) is 0 Å². The summed E-state index contributed by atoms with van der Waals surface area (Å²) in [5.41, 5.74) is 0.670. The number of nitrogens with one attached hydrogen (secondary N) is 1. The van der Waals surface area contributed by atoms with Crippen LogP contribution in [0.5, 0.6) is 5.75 Å². The van der Waals surface area contributed by atoms with E-state index in [9.17, 15) is 9.59 Å². The first-order chi connectivity index (χ1) is 10.2. The highest BCUT2D eigenvalue weighted by molar-refractivity contribution is 5.89. The molecule has 1 aliphatic heterocycles. The summed E-state index contributed by atoms with van der Waals surface area (Å²) in [6, 6.07) is 7.06. The molecular weight excluding hydrogens is 278 g/mol. The number of cyclic esters (lactones) is 1. The molecule has 3 rings (SSSR count). The number of hydrogen-bond donors (Lipinski definition) is 1. The number of carbonyl (C=O) groups excluding carboxylic acids is 1. The largest absolute Gasteiger partial charge is 0.494 e. The van der Waals surface area contributed by atoms with Gasteiger partial charge < -0.3 is 13.9 Å². The standard InChI is InChI=1S/C13H13N3O5/c1-2-19-9-5-3-8(4-6-9)16-7-10(20-13(16)18)11-14-15-12(17)21-11/h3-6,10H,2,7H2,1H3,(H,15,17). The Morgan fingerprint density at radius 3 is 2.76 bits per heavy atom. The van der Waals surface area contributed by atoms with Crippen molar-refractivity contribution in [3.63, 3.8) is 0 Å². The highest BCUT2D eigenvalue weighted by Gasteiger charge is 2.36. The second-order valence-corrected chi connectivity index (χ2v) is 4.36. The number of aromatic amines is 1. The van der Waals surface area contributed by atoms with Gasteiger partial charge in [-0.3, -0.25) is 4.90 Å². The number of anilines is 1. The molecule has 1 saturated heterocycles. The topological polar surface area (TPSA) is 97.7 Å². The number of rotatable bonds is 4. The zero-order valence-corrected chi connectivity index (χ0v) is 11.2. The van der Waals surface area contributed by atoms with Gasteiger partial charge in [0.05, 0.1) is 13.2 Å². The minimum Gasteiger partial charge on any atom is -0.494 e. The highest BCUT2D eigenvalue weighted by Crippen LogP contribution is 2.29. The zero-order chi connectivity index (χ0) is 14.8. The van der Waals surface area contributed by atoms with Crippen LogP contribution >= 0.6 is 0 Å². The molecule has 1 aliphatic rings. The third-order valence-corrected chi connectivity index (χ3v) is 3.00. The second kappa shape index (κ2) is 5.31. The summed E-state index contributed by atoms with van der Waals surface area (Å²) in [5.74, 6) is 0.103. The van der Waals surface area contributed by atoms with Crippen molar-refractivity contribution in [1.29, 1.82) is 0 Å². The number of amides is 1. The van der Waals surface area contributed by atoms with Crippen LogP contribution in [0.2, 0.25) is 0 Å². The number of carbonyl (C=O) groups is 1. The average molecular weight is 291 g/mol. The van der Waals surface area contributed by atoms with Gasteiger partial charge in [0, 0.05) is 5.69 Å². The van der Waals surface area contributed by atoms with Crippen molar-refractivity contribution in [2.24, 2.45) is 0 Å². The molecule has 1 N–H and O–H groups in total. The van der Waals surface area contributed by atoms with Crippen LogP contribution in [0.25, 0.3) is 0 Å². The van der Waals surface area contributed by atoms with Crippen molar-refractivity contribution < 1.29 is 18.7 Å². The minimum atomic E-state index is -0.706. The van der Waals surface area contributed by atoms with E-state index in [0.29, 0.717) is 12.3 Å². The molecular formula is C13H13N3O5. The summed E-state index contributed by atoms with van der Waals surface area (Å²) in [6.07, 6.45) is -1.22. The summed E-state index contributed by atoms with van der Waals surface area (Å²) in [7, 11) is 0. The molecule has 0 spiro atoms.